The summed E-state index contributed by atoms with van der Waals surface area (Å²) in [5.74, 6) is -1.36. The fourth-order valence-electron chi connectivity index (χ4n) is 17.1. The molecule has 0 aliphatic carbocycles. The monoisotopic (exact) mass is 1820 g/mol. The first-order chi connectivity index (χ1) is 64.2. The lowest BCUT2D eigenvalue weighted by Gasteiger charge is -2.29. The van der Waals surface area contributed by atoms with Crippen molar-refractivity contribution in [1.29, 1.82) is 0 Å². The summed E-state index contributed by atoms with van der Waals surface area (Å²) in [4.78, 5) is 130. The molecule has 6 aliphatic rings. The Balaban J connectivity index is 0.000000133. The first kappa shape index (κ1) is 88.4. The average molecular weight is 1820 g/mol. The van der Waals surface area contributed by atoms with Gasteiger partial charge in [0.15, 0.2) is 22.6 Å². The topological polar surface area (TPSA) is 406 Å². The maximum Gasteiger partial charge on any atom is 0.258 e. The lowest BCUT2D eigenvalue weighted by Crippen LogP contribution is -2.48. The van der Waals surface area contributed by atoms with E-state index < -0.39 is 34.6 Å². The molecule has 6 aliphatic heterocycles. The highest BCUT2D eigenvalue weighted by Gasteiger charge is 2.49. The number of amides is 6. The first-order valence-corrected chi connectivity index (χ1v) is 44.4. The van der Waals surface area contributed by atoms with Gasteiger partial charge in [-0.15, -0.1) is 22.7 Å². The van der Waals surface area contributed by atoms with Crippen LogP contribution in [0.3, 0.4) is 0 Å². The third-order valence-electron chi connectivity index (χ3n) is 24.6. The Kier molecular flexibility index (Phi) is 26.0. The highest BCUT2D eigenvalue weighted by molar-refractivity contribution is 7.16. The second-order valence-corrected chi connectivity index (χ2v) is 34.5. The number of pyridine rings is 3. The van der Waals surface area contributed by atoms with Gasteiger partial charge < -0.3 is 44.9 Å². The van der Waals surface area contributed by atoms with Crippen molar-refractivity contribution in [2.24, 2.45) is 0 Å². The van der Waals surface area contributed by atoms with E-state index in [2.05, 4.69) is 115 Å². The van der Waals surface area contributed by atoms with Crippen molar-refractivity contribution in [2.45, 2.75) is 55.3 Å². The zero-order chi connectivity index (χ0) is 91.0. The number of aromatic amines is 3. The number of rotatable bonds is 23. The first-order valence-electron chi connectivity index (χ1n) is 42.7. The van der Waals surface area contributed by atoms with Crippen LogP contribution in [0.5, 0.6) is 0 Å². The van der Waals surface area contributed by atoms with Gasteiger partial charge in [0, 0.05) is 223 Å². The van der Waals surface area contributed by atoms with Gasteiger partial charge in [0.05, 0.1) is 47.3 Å². The summed E-state index contributed by atoms with van der Waals surface area (Å²) in [5.41, 5.74) is 8.91. The fraction of sp³-hybridized carbons (Fsp3) is 0.293. The van der Waals surface area contributed by atoms with Crippen molar-refractivity contribution in [3.63, 3.8) is 0 Å². The Hall–Kier alpha value is -14.3. The number of halogens is 3. The maximum atomic E-state index is 13.6. The molecule has 3 aromatic carbocycles. The van der Waals surface area contributed by atoms with E-state index >= 15 is 0 Å². The minimum atomic E-state index is -1.10. The molecule has 40 heteroatoms. The quantitative estimate of drug-likeness (QED) is 0.0324. The van der Waals surface area contributed by atoms with Gasteiger partial charge in [0.1, 0.15) is 27.1 Å². The van der Waals surface area contributed by atoms with Crippen molar-refractivity contribution in [2.75, 3.05) is 135 Å². The highest BCUT2D eigenvalue weighted by atomic mass is 32.1. The van der Waals surface area contributed by atoms with Gasteiger partial charge in [-0.3, -0.25) is 58.8 Å². The number of methoxy groups -OCH3 is 3. The molecule has 6 N–H and O–H groups in total. The van der Waals surface area contributed by atoms with Crippen LogP contribution in [0.2, 0.25) is 0 Å². The Bertz CT molecular complexity index is 6400. The second kappa shape index (κ2) is 38.8. The van der Waals surface area contributed by atoms with Crippen LogP contribution in [0.1, 0.15) is 54.1 Å². The number of ether oxygens (including phenoxy) is 3. The molecule has 6 amide bonds. The molecular weight excluding hydrogens is 1730 g/mol. The molecule has 0 bridgehead atoms. The molecule has 35 nitrogen and oxygen atoms in total. The van der Waals surface area contributed by atoms with E-state index in [0.717, 1.165) is 70.7 Å². The largest absolute Gasteiger partial charge is 0.367 e. The summed E-state index contributed by atoms with van der Waals surface area (Å²) in [7, 11) is 4.57. The number of benzene rings is 3. The molecule has 3 fully saturated rings. The van der Waals surface area contributed by atoms with Gasteiger partial charge in [-0.25, -0.2) is 49.5 Å². The molecule has 0 unspecified atom stereocenters. The number of hydrogen-bond donors (Lipinski definition) is 6. The zero-order valence-corrected chi connectivity index (χ0v) is 73.5. The van der Waals surface area contributed by atoms with Crippen molar-refractivity contribution >= 4 is 125 Å². The van der Waals surface area contributed by atoms with Crippen LogP contribution in [0, 0.1) is 17.8 Å². The number of hydrogen-bond acceptors (Lipinski definition) is 27. The minimum absolute atomic E-state index is 0.00390. The number of carbonyl (C=O) groups is 6. The molecule has 3 saturated heterocycles. The van der Waals surface area contributed by atoms with Gasteiger partial charge in [0.25, 0.3) is 17.7 Å². The minimum Gasteiger partial charge on any atom is -0.367 e. The molecule has 132 heavy (non-hydrogen) atoms. The van der Waals surface area contributed by atoms with Gasteiger partial charge in [-0.1, -0.05) is 18.2 Å². The number of nitrogens with one attached hydrogen (secondary N) is 6. The van der Waals surface area contributed by atoms with Crippen LogP contribution < -0.4 is 16.0 Å². The third-order valence-corrected chi connectivity index (χ3v) is 26.5. The molecule has 11 aromatic heterocycles. The standard InChI is InChI=1S/C32H31FN10O3.C32H30FN9O3S.C28H28FN7O3S/c1-46-32(30(45)38-24-4-5-26-25(15-24)29(40-39-26)22-3-6-27(33)36-16-22)9-14-41(20-32)19-28(44)42-12-7-21(8-13-42)23-17-37-43(18-23)31-34-10-2-11-35-31;1-45-32(31(44)38-22-4-5-24-23(15-22)28(40-39-24)21-3-6-26(33)36-16-21)9-14-41(19-32)18-27(43)42-12-7-20(8-13-42)30-37-17-25(46-30)29-34-10-2-11-35-29;1-39-28(8-12-35(17-28)16-24(37)36-10-6-18(7-11-36)26-30-9-13-40-26)27(38)32-20-3-4-22-21(14-20)25(34-33-22)19-2-5-23(29)31-15-19/h2-7,10-11,15-18H,8-9,12-14,19-20H2,1H3,(H,38,45)(H,39,40);2-7,10-11,15-17H,8-9,12-14,18-19H2,1H3,(H,38,44)(H,39,40);2-6,9,13-15H,7-8,10-12,16-17H2,1H3,(H,32,38)(H,33,34)/t2*32-;28-/m000/s1. The average Bonchev–Trinajstić information content (AvgIpc) is 1.64. The van der Waals surface area contributed by atoms with Crippen molar-refractivity contribution in [3.8, 4) is 50.4 Å². The SMILES string of the molecule is CO[C@@]1(C(=O)Nc2ccc3[nH]nc(-c4ccc(F)nc4)c3c2)CCN(CC(=O)N2CC=C(c3cnn(-c4ncccn4)c3)CC2)C1.CO[C@@]1(C(=O)Nc2ccc3[nH]nc(-c4ccc(F)nc4)c3c2)CCN(CC(=O)N2CC=C(c3ncc(-c4ncccn4)s3)CC2)C1.CO[C@@]1(C(=O)Nc2ccc3[nH]nc(-c4ccc(F)nc4)c3c2)CCN(CC(=O)N2CC=C(c3nccs3)CC2)C1. The predicted molar refractivity (Wildman–Crippen MR) is 488 cm³/mol. The Morgan fingerprint density at radius 2 is 0.833 bits per heavy atom. The Labute approximate surface area is 760 Å². The number of H-pyrrole nitrogens is 3. The van der Waals surface area contributed by atoms with E-state index in [1.165, 1.54) is 63.7 Å². The van der Waals surface area contributed by atoms with E-state index in [9.17, 15) is 41.9 Å². The molecule has 17 heterocycles. The van der Waals surface area contributed by atoms with Crippen LogP contribution >= 0.6 is 22.7 Å². The van der Waals surface area contributed by atoms with E-state index in [4.69, 9.17) is 14.2 Å². The third kappa shape index (κ3) is 19.3. The summed E-state index contributed by atoms with van der Waals surface area (Å²) in [5, 5.41) is 41.4. The normalized spacial score (nSPS) is 18.9. The number of carbonyl (C=O) groups excluding carboxylic acids is 6. The van der Waals surface area contributed by atoms with Crippen molar-refractivity contribution < 1.29 is 56.1 Å². The summed E-state index contributed by atoms with van der Waals surface area (Å²) >= 11 is 3.16. The molecule has 0 spiro atoms. The van der Waals surface area contributed by atoms with Crippen LogP contribution in [-0.4, -0.2) is 286 Å². The molecule has 20 rings (SSSR count). The van der Waals surface area contributed by atoms with Crippen LogP contribution in [-0.2, 0) is 43.0 Å². The zero-order valence-electron chi connectivity index (χ0n) is 71.9. The molecule has 3 atom stereocenters. The predicted octanol–water partition coefficient (Wildman–Crippen LogP) is 10.7. The number of nitrogens with zero attached hydrogens (tertiary/aromatic N) is 20. The summed E-state index contributed by atoms with van der Waals surface area (Å²) in [6, 6.07) is 28.4. The van der Waals surface area contributed by atoms with Crippen molar-refractivity contribution in [1.82, 2.24) is 115 Å². The number of anilines is 3. The Morgan fingerprint density at radius 1 is 0.432 bits per heavy atom. The smallest absolute Gasteiger partial charge is 0.258 e. The van der Waals surface area contributed by atoms with Gasteiger partial charge >= 0.3 is 0 Å². The van der Waals surface area contributed by atoms with E-state index in [1.54, 1.807) is 119 Å². The summed E-state index contributed by atoms with van der Waals surface area (Å²) in [6.07, 6.45) is 28.0. The molecule has 0 saturated carbocycles. The van der Waals surface area contributed by atoms with E-state index in [-0.39, 0.29) is 61.6 Å². The second-order valence-electron chi connectivity index (χ2n) is 32.6. The lowest BCUT2D eigenvalue weighted by atomic mass is 10.0. The Morgan fingerprint density at radius 3 is 1.20 bits per heavy atom. The van der Waals surface area contributed by atoms with E-state index in [1.807, 2.05) is 77.4 Å². The van der Waals surface area contributed by atoms with Crippen LogP contribution in [0.25, 0.3) is 99.9 Å². The van der Waals surface area contributed by atoms with Crippen LogP contribution in [0.4, 0.5) is 30.2 Å². The van der Waals surface area contributed by atoms with Gasteiger partial charge in [0.2, 0.25) is 41.5 Å². The highest BCUT2D eigenvalue weighted by Crippen LogP contribution is 2.38. The number of thiazole rings is 2. The number of fused-ring (bicyclic) bond motifs is 3. The molecule has 674 valence electrons. The number of aromatic nitrogens is 17. The van der Waals surface area contributed by atoms with Crippen LogP contribution in [0.15, 0.2) is 195 Å². The van der Waals surface area contributed by atoms with Gasteiger partial charge in [-0.05, 0) is 158 Å². The number of likely N-dealkylation sites (tertiary alicyclic amines) is 3. The van der Waals surface area contributed by atoms with E-state index in [0.29, 0.717) is 167 Å². The summed E-state index contributed by atoms with van der Waals surface area (Å²) in [6.45, 7) is 6.59. The molecule has 14 aromatic rings. The summed E-state index contributed by atoms with van der Waals surface area (Å²) < 4.78 is 59.0. The fourth-order valence-corrected chi connectivity index (χ4v) is 18.7. The molecular formula is C92H89F3N26O9S2. The maximum absolute atomic E-state index is 13.6. The molecule has 0 radical (unpaired) electrons. The van der Waals surface area contributed by atoms with Gasteiger partial charge in [-0.2, -0.15) is 33.6 Å². The lowest BCUT2D eigenvalue weighted by molar-refractivity contribution is -0.138. The van der Waals surface area contributed by atoms with Crippen molar-refractivity contribution in [3.05, 3.63) is 228 Å².